The highest BCUT2D eigenvalue weighted by Gasteiger charge is 2.45. The van der Waals surface area contributed by atoms with Gasteiger partial charge in [-0.15, -0.1) is 0 Å². The van der Waals surface area contributed by atoms with Gasteiger partial charge in [-0.1, -0.05) is 27.7 Å². The van der Waals surface area contributed by atoms with Crippen LogP contribution in [0.4, 0.5) is 0 Å². The van der Waals surface area contributed by atoms with E-state index in [4.69, 9.17) is 5.73 Å². The van der Waals surface area contributed by atoms with Crippen LogP contribution in [0.25, 0.3) is 0 Å². The van der Waals surface area contributed by atoms with E-state index in [1.807, 2.05) is 0 Å². The summed E-state index contributed by atoms with van der Waals surface area (Å²) in [5.41, 5.74) is 6.25. The smallest absolute Gasteiger partial charge is 0.0125 e. The molecule has 1 fully saturated rings. The van der Waals surface area contributed by atoms with E-state index in [0.29, 0.717) is 17.3 Å². The van der Waals surface area contributed by atoms with Gasteiger partial charge >= 0.3 is 0 Å². The normalized spacial score (nSPS) is 27.7. The van der Waals surface area contributed by atoms with Gasteiger partial charge in [0.15, 0.2) is 0 Å². The van der Waals surface area contributed by atoms with Crippen LogP contribution >= 0.6 is 0 Å². The summed E-state index contributed by atoms with van der Waals surface area (Å²) in [4.78, 5) is 0. The van der Waals surface area contributed by atoms with E-state index >= 15 is 0 Å². The SMILES string of the molecule is CC(C)C(CN)CNC1CC1(C)C. The van der Waals surface area contributed by atoms with Crippen molar-refractivity contribution in [2.24, 2.45) is 23.0 Å². The third kappa shape index (κ3) is 2.96. The van der Waals surface area contributed by atoms with Crippen LogP contribution in [0.15, 0.2) is 0 Å². The largest absolute Gasteiger partial charge is 0.330 e. The topological polar surface area (TPSA) is 38.0 Å². The van der Waals surface area contributed by atoms with Gasteiger partial charge in [0.05, 0.1) is 0 Å². The lowest BCUT2D eigenvalue weighted by Crippen LogP contribution is -2.34. The molecule has 0 heterocycles. The maximum atomic E-state index is 5.71. The van der Waals surface area contributed by atoms with Crippen LogP contribution < -0.4 is 11.1 Å². The molecule has 1 rings (SSSR count). The van der Waals surface area contributed by atoms with Gasteiger partial charge in [-0.05, 0) is 36.8 Å². The molecule has 0 spiro atoms. The highest BCUT2D eigenvalue weighted by molar-refractivity contribution is 5.01. The predicted molar refractivity (Wildman–Crippen MR) is 57.6 cm³/mol. The lowest BCUT2D eigenvalue weighted by atomic mass is 9.96. The Hall–Kier alpha value is -0.0800. The number of nitrogens with two attached hydrogens (primary N) is 1. The molecule has 0 aromatic carbocycles. The van der Waals surface area contributed by atoms with Crippen LogP contribution in [0.1, 0.15) is 34.1 Å². The molecule has 78 valence electrons. The number of hydrogen-bond acceptors (Lipinski definition) is 2. The van der Waals surface area contributed by atoms with E-state index in [9.17, 15) is 0 Å². The molecule has 0 aromatic rings. The maximum absolute atomic E-state index is 5.71. The molecule has 1 aliphatic rings. The second-order valence-electron chi connectivity index (χ2n) is 5.39. The van der Waals surface area contributed by atoms with Crippen molar-refractivity contribution in [1.29, 1.82) is 0 Å². The molecule has 2 unspecified atom stereocenters. The molecular weight excluding hydrogens is 160 g/mol. The monoisotopic (exact) mass is 184 g/mol. The molecule has 2 atom stereocenters. The third-order valence-electron chi connectivity index (χ3n) is 3.39. The van der Waals surface area contributed by atoms with Gasteiger partial charge in [-0.2, -0.15) is 0 Å². The minimum atomic E-state index is 0.538. The van der Waals surface area contributed by atoms with Crippen LogP contribution in [0.2, 0.25) is 0 Å². The second kappa shape index (κ2) is 3.97. The van der Waals surface area contributed by atoms with Crippen molar-refractivity contribution in [2.45, 2.75) is 40.2 Å². The zero-order valence-electron chi connectivity index (χ0n) is 9.43. The molecule has 0 bridgehead atoms. The van der Waals surface area contributed by atoms with Gasteiger partial charge in [0.2, 0.25) is 0 Å². The Bertz CT molecular complexity index is 163. The van der Waals surface area contributed by atoms with E-state index in [1.165, 1.54) is 6.42 Å². The molecule has 2 nitrogen and oxygen atoms in total. The van der Waals surface area contributed by atoms with Crippen LogP contribution in [0, 0.1) is 17.3 Å². The summed E-state index contributed by atoms with van der Waals surface area (Å²) < 4.78 is 0. The Kier molecular flexibility index (Phi) is 3.36. The predicted octanol–water partition coefficient (Wildman–Crippen LogP) is 1.61. The van der Waals surface area contributed by atoms with Gasteiger partial charge in [-0.25, -0.2) is 0 Å². The quantitative estimate of drug-likeness (QED) is 0.681. The molecule has 3 N–H and O–H groups in total. The summed E-state index contributed by atoms with van der Waals surface area (Å²) in [5.74, 6) is 1.33. The van der Waals surface area contributed by atoms with Gasteiger partial charge < -0.3 is 11.1 Å². The highest BCUT2D eigenvalue weighted by atomic mass is 15.0. The van der Waals surface area contributed by atoms with E-state index in [-0.39, 0.29) is 0 Å². The summed E-state index contributed by atoms with van der Waals surface area (Å²) in [7, 11) is 0. The number of nitrogens with one attached hydrogen (secondary N) is 1. The fourth-order valence-corrected chi connectivity index (χ4v) is 1.70. The van der Waals surface area contributed by atoms with Gasteiger partial charge in [0.1, 0.15) is 0 Å². The van der Waals surface area contributed by atoms with E-state index in [0.717, 1.165) is 19.1 Å². The molecule has 0 aromatic heterocycles. The zero-order chi connectivity index (χ0) is 10.1. The second-order valence-corrected chi connectivity index (χ2v) is 5.39. The molecule has 0 radical (unpaired) electrons. The van der Waals surface area contributed by atoms with Crippen molar-refractivity contribution in [2.75, 3.05) is 13.1 Å². The Morgan fingerprint density at radius 1 is 1.46 bits per heavy atom. The average molecular weight is 184 g/mol. The van der Waals surface area contributed by atoms with E-state index < -0.39 is 0 Å². The summed E-state index contributed by atoms with van der Waals surface area (Å²) in [6.07, 6.45) is 1.32. The average Bonchev–Trinajstić information content (AvgIpc) is 2.59. The van der Waals surface area contributed by atoms with Crippen LogP contribution in [-0.4, -0.2) is 19.1 Å². The first-order chi connectivity index (χ1) is 5.97. The van der Waals surface area contributed by atoms with Crippen LogP contribution in [0.3, 0.4) is 0 Å². The Morgan fingerprint density at radius 3 is 2.31 bits per heavy atom. The first-order valence-corrected chi connectivity index (χ1v) is 5.41. The van der Waals surface area contributed by atoms with Crippen molar-refractivity contribution in [3.63, 3.8) is 0 Å². The Labute approximate surface area is 82.3 Å². The van der Waals surface area contributed by atoms with E-state index in [1.54, 1.807) is 0 Å². The van der Waals surface area contributed by atoms with Gasteiger partial charge in [0.25, 0.3) is 0 Å². The molecule has 1 aliphatic carbocycles. The van der Waals surface area contributed by atoms with Crippen molar-refractivity contribution >= 4 is 0 Å². The first kappa shape index (κ1) is 11.0. The van der Waals surface area contributed by atoms with Crippen LogP contribution in [-0.2, 0) is 0 Å². The lowest BCUT2D eigenvalue weighted by molar-refractivity contribution is 0.361. The van der Waals surface area contributed by atoms with Crippen molar-refractivity contribution in [3.8, 4) is 0 Å². The number of hydrogen-bond donors (Lipinski definition) is 2. The summed E-state index contributed by atoms with van der Waals surface area (Å²) in [5, 5.41) is 3.60. The molecular formula is C11H24N2. The third-order valence-corrected chi connectivity index (χ3v) is 3.39. The van der Waals surface area contributed by atoms with Gasteiger partial charge in [-0.3, -0.25) is 0 Å². The molecule has 2 heteroatoms. The fraction of sp³-hybridized carbons (Fsp3) is 1.00. The molecule has 13 heavy (non-hydrogen) atoms. The summed E-state index contributed by atoms with van der Waals surface area (Å²) >= 11 is 0. The molecule has 0 aliphatic heterocycles. The summed E-state index contributed by atoms with van der Waals surface area (Å²) in [6.45, 7) is 11.0. The highest BCUT2D eigenvalue weighted by Crippen LogP contribution is 2.44. The minimum Gasteiger partial charge on any atom is -0.330 e. The zero-order valence-corrected chi connectivity index (χ0v) is 9.43. The van der Waals surface area contributed by atoms with Crippen LogP contribution in [0.5, 0.6) is 0 Å². The van der Waals surface area contributed by atoms with Gasteiger partial charge in [0, 0.05) is 6.04 Å². The standard InChI is InChI=1S/C11H24N2/c1-8(2)9(6-12)7-13-10-5-11(10,3)4/h8-10,13H,5-7,12H2,1-4H3. The fourth-order valence-electron chi connectivity index (χ4n) is 1.70. The minimum absolute atomic E-state index is 0.538. The molecule has 0 amide bonds. The van der Waals surface area contributed by atoms with E-state index in [2.05, 4.69) is 33.0 Å². The number of rotatable bonds is 5. The van der Waals surface area contributed by atoms with Crippen molar-refractivity contribution in [3.05, 3.63) is 0 Å². The molecule has 0 saturated heterocycles. The first-order valence-electron chi connectivity index (χ1n) is 5.41. The van der Waals surface area contributed by atoms with Crippen molar-refractivity contribution in [1.82, 2.24) is 5.32 Å². The molecule has 1 saturated carbocycles. The van der Waals surface area contributed by atoms with Crippen molar-refractivity contribution < 1.29 is 0 Å². The Morgan fingerprint density at radius 2 is 2.00 bits per heavy atom. The lowest BCUT2D eigenvalue weighted by Gasteiger charge is -2.19. The summed E-state index contributed by atoms with van der Waals surface area (Å²) in [6, 6.07) is 0.736. The maximum Gasteiger partial charge on any atom is 0.0125 e. The Balaban J connectivity index is 2.18.